The molecule has 2 atom stereocenters. The van der Waals surface area contributed by atoms with Crippen LogP contribution in [-0.2, 0) is 4.79 Å². The average Bonchev–Trinajstić information content (AvgIpc) is 2.53. The zero-order valence-corrected chi connectivity index (χ0v) is 12.6. The van der Waals surface area contributed by atoms with Crippen molar-refractivity contribution >= 4 is 5.91 Å². The number of benzene rings is 2. The molecular weight excluding hydrogens is 278 g/mol. The van der Waals surface area contributed by atoms with Gasteiger partial charge in [0.05, 0.1) is 18.6 Å². The SMILES string of the molecule is Cc1cccc(C(O)CNC(=O)CC(O)c2ccccc2)c1. The lowest BCUT2D eigenvalue weighted by Crippen LogP contribution is -2.29. The Balaban J connectivity index is 1.82. The van der Waals surface area contributed by atoms with E-state index in [0.29, 0.717) is 5.56 Å². The number of aliphatic hydroxyl groups is 2. The Morgan fingerprint density at radius 3 is 2.36 bits per heavy atom. The van der Waals surface area contributed by atoms with Crippen LogP contribution in [0.1, 0.15) is 35.3 Å². The maximum Gasteiger partial charge on any atom is 0.223 e. The lowest BCUT2D eigenvalue weighted by atomic mass is 10.1. The molecule has 0 aliphatic carbocycles. The first-order chi connectivity index (χ1) is 10.6. The fraction of sp³-hybridized carbons (Fsp3) is 0.278. The van der Waals surface area contributed by atoms with Gasteiger partial charge in [-0.3, -0.25) is 4.79 Å². The first-order valence-electron chi connectivity index (χ1n) is 7.30. The predicted octanol–water partition coefficient (Wildman–Crippen LogP) is 2.27. The van der Waals surface area contributed by atoms with E-state index >= 15 is 0 Å². The van der Waals surface area contributed by atoms with Crippen molar-refractivity contribution < 1.29 is 15.0 Å². The lowest BCUT2D eigenvalue weighted by molar-refractivity contribution is -0.123. The Morgan fingerprint density at radius 2 is 1.68 bits per heavy atom. The smallest absolute Gasteiger partial charge is 0.223 e. The summed E-state index contributed by atoms with van der Waals surface area (Å²) >= 11 is 0. The molecule has 2 aromatic carbocycles. The molecule has 0 saturated heterocycles. The zero-order valence-electron chi connectivity index (χ0n) is 12.6. The minimum atomic E-state index is -0.836. The summed E-state index contributed by atoms with van der Waals surface area (Å²) in [6, 6.07) is 16.6. The van der Waals surface area contributed by atoms with Crippen molar-refractivity contribution in [2.75, 3.05) is 6.54 Å². The van der Waals surface area contributed by atoms with Crippen LogP contribution in [-0.4, -0.2) is 22.7 Å². The Morgan fingerprint density at radius 1 is 1.00 bits per heavy atom. The minimum absolute atomic E-state index is 0.0233. The highest BCUT2D eigenvalue weighted by Gasteiger charge is 2.14. The molecule has 0 aliphatic rings. The van der Waals surface area contributed by atoms with Crippen LogP contribution in [0.5, 0.6) is 0 Å². The molecule has 0 fully saturated rings. The molecule has 2 rings (SSSR count). The number of aliphatic hydroxyl groups excluding tert-OH is 2. The second-order valence-corrected chi connectivity index (χ2v) is 5.36. The highest BCUT2D eigenvalue weighted by Crippen LogP contribution is 2.16. The molecular formula is C18H21NO3. The molecule has 0 aromatic heterocycles. The van der Waals surface area contributed by atoms with Crippen molar-refractivity contribution in [2.24, 2.45) is 0 Å². The summed E-state index contributed by atoms with van der Waals surface area (Å²) in [5.74, 6) is -0.289. The second kappa shape index (κ2) is 7.73. The van der Waals surface area contributed by atoms with E-state index in [1.807, 2.05) is 49.4 Å². The van der Waals surface area contributed by atoms with Gasteiger partial charge in [-0.15, -0.1) is 0 Å². The average molecular weight is 299 g/mol. The molecule has 2 aromatic rings. The van der Waals surface area contributed by atoms with E-state index in [1.165, 1.54) is 0 Å². The summed E-state index contributed by atoms with van der Waals surface area (Å²) < 4.78 is 0. The molecule has 116 valence electrons. The maximum atomic E-state index is 11.8. The molecule has 4 nitrogen and oxygen atoms in total. The summed E-state index contributed by atoms with van der Waals surface area (Å²) in [5, 5.41) is 22.7. The van der Waals surface area contributed by atoms with Gasteiger partial charge in [-0.25, -0.2) is 0 Å². The van der Waals surface area contributed by atoms with Crippen LogP contribution in [0.25, 0.3) is 0 Å². The van der Waals surface area contributed by atoms with Crippen molar-refractivity contribution in [3.8, 4) is 0 Å². The van der Waals surface area contributed by atoms with Gasteiger partial charge in [0.25, 0.3) is 0 Å². The molecule has 4 heteroatoms. The Hall–Kier alpha value is -2.17. The van der Waals surface area contributed by atoms with Gasteiger partial charge >= 0.3 is 0 Å². The van der Waals surface area contributed by atoms with Gasteiger partial charge in [0, 0.05) is 6.54 Å². The highest BCUT2D eigenvalue weighted by atomic mass is 16.3. The number of hydrogen-bond donors (Lipinski definition) is 3. The van der Waals surface area contributed by atoms with Crippen LogP contribution >= 0.6 is 0 Å². The number of aryl methyl sites for hydroxylation is 1. The van der Waals surface area contributed by atoms with Gasteiger partial charge in [-0.1, -0.05) is 60.2 Å². The van der Waals surface area contributed by atoms with Crippen molar-refractivity contribution in [3.05, 3.63) is 71.3 Å². The van der Waals surface area contributed by atoms with Crippen molar-refractivity contribution in [1.29, 1.82) is 0 Å². The largest absolute Gasteiger partial charge is 0.388 e. The van der Waals surface area contributed by atoms with Crippen LogP contribution in [0.4, 0.5) is 0 Å². The van der Waals surface area contributed by atoms with E-state index in [4.69, 9.17) is 0 Å². The van der Waals surface area contributed by atoms with E-state index < -0.39 is 12.2 Å². The van der Waals surface area contributed by atoms with Crippen LogP contribution in [0.2, 0.25) is 0 Å². The third-order valence-corrected chi connectivity index (χ3v) is 3.48. The van der Waals surface area contributed by atoms with E-state index in [0.717, 1.165) is 11.1 Å². The Kier molecular flexibility index (Phi) is 5.69. The fourth-order valence-corrected chi connectivity index (χ4v) is 2.25. The van der Waals surface area contributed by atoms with Gasteiger partial charge in [0.15, 0.2) is 0 Å². The topological polar surface area (TPSA) is 69.6 Å². The van der Waals surface area contributed by atoms with Crippen LogP contribution in [0, 0.1) is 6.92 Å². The Labute approximate surface area is 130 Å². The Bertz CT molecular complexity index is 613. The summed E-state index contributed by atoms with van der Waals surface area (Å²) in [6.45, 7) is 2.08. The first kappa shape index (κ1) is 16.2. The number of carbonyl (C=O) groups excluding carboxylic acids is 1. The predicted molar refractivity (Wildman–Crippen MR) is 85.2 cm³/mol. The van der Waals surface area contributed by atoms with Crippen molar-refractivity contribution in [2.45, 2.75) is 25.6 Å². The second-order valence-electron chi connectivity index (χ2n) is 5.36. The molecule has 0 heterocycles. The van der Waals surface area contributed by atoms with Gasteiger partial charge in [0.2, 0.25) is 5.91 Å². The van der Waals surface area contributed by atoms with Gasteiger partial charge in [-0.05, 0) is 18.1 Å². The monoisotopic (exact) mass is 299 g/mol. The quantitative estimate of drug-likeness (QED) is 0.766. The van der Waals surface area contributed by atoms with Crippen LogP contribution < -0.4 is 5.32 Å². The molecule has 0 saturated carbocycles. The van der Waals surface area contributed by atoms with E-state index in [-0.39, 0.29) is 18.9 Å². The zero-order chi connectivity index (χ0) is 15.9. The molecule has 22 heavy (non-hydrogen) atoms. The number of rotatable bonds is 6. The van der Waals surface area contributed by atoms with Crippen molar-refractivity contribution in [3.63, 3.8) is 0 Å². The molecule has 0 bridgehead atoms. The summed E-state index contributed by atoms with van der Waals surface area (Å²) in [5.41, 5.74) is 2.53. The maximum absolute atomic E-state index is 11.8. The number of nitrogens with one attached hydrogen (secondary N) is 1. The normalized spacial score (nSPS) is 13.4. The number of carbonyl (C=O) groups is 1. The number of amides is 1. The standard InChI is InChI=1S/C18H21NO3/c1-13-6-5-9-15(10-13)17(21)12-19-18(22)11-16(20)14-7-3-2-4-8-14/h2-10,16-17,20-21H,11-12H2,1H3,(H,19,22). The van der Waals surface area contributed by atoms with E-state index in [1.54, 1.807) is 12.1 Å². The molecule has 0 spiro atoms. The third kappa shape index (κ3) is 4.69. The summed E-state index contributed by atoms with van der Waals surface area (Å²) in [6.07, 6.45) is -1.61. The van der Waals surface area contributed by atoms with Gasteiger partial charge < -0.3 is 15.5 Å². The molecule has 1 amide bonds. The number of hydrogen-bond acceptors (Lipinski definition) is 3. The van der Waals surface area contributed by atoms with Crippen LogP contribution in [0.3, 0.4) is 0 Å². The van der Waals surface area contributed by atoms with E-state index in [2.05, 4.69) is 5.32 Å². The van der Waals surface area contributed by atoms with E-state index in [9.17, 15) is 15.0 Å². The van der Waals surface area contributed by atoms with Crippen molar-refractivity contribution in [1.82, 2.24) is 5.32 Å². The fourth-order valence-electron chi connectivity index (χ4n) is 2.25. The summed E-state index contributed by atoms with van der Waals surface area (Å²) in [4.78, 5) is 11.8. The van der Waals surface area contributed by atoms with Gasteiger partial charge in [0.1, 0.15) is 0 Å². The lowest BCUT2D eigenvalue weighted by Gasteiger charge is -2.14. The molecule has 2 unspecified atom stereocenters. The molecule has 0 radical (unpaired) electrons. The molecule has 0 aliphatic heterocycles. The van der Waals surface area contributed by atoms with Gasteiger partial charge in [-0.2, -0.15) is 0 Å². The van der Waals surface area contributed by atoms with Crippen LogP contribution in [0.15, 0.2) is 54.6 Å². The summed E-state index contributed by atoms with van der Waals surface area (Å²) in [7, 11) is 0. The minimum Gasteiger partial charge on any atom is -0.388 e. The third-order valence-electron chi connectivity index (χ3n) is 3.48. The highest BCUT2D eigenvalue weighted by molar-refractivity contribution is 5.76. The molecule has 3 N–H and O–H groups in total. The first-order valence-corrected chi connectivity index (χ1v) is 7.30.